The van der Waals surface area contributed by atoms with Crippen LogP contribution in [0.15, 0.2) is 0 Å². The fraction of sp³-hybridized carbons (Fsp3) is 0.714. The highest BCUT2D eigenvalue weighted by Crippen LogP contribution is 2.02. The van der Waals surface area contributed by atoms with E-state index < -0.39 is 6.03 Å². The molecule has 0 bridgehead atoms. The zero-order valence-electron chi connectivity index (χ0n) is 7.41. The van der Waals surface area contributed by atoms with Gasteiger partial charge in [0.15, 0.2) is 0 Å². The molecule has 1 aliphatic rings. The summed E-state index contributed by atoms with van der Waals surface area (Å²) >= 11 is 0. The van der Waals surface area contributed by atoms with Crippen LogP contribution in [0, 0.1) is 0 Å². The SMILES string of the molecule is CC1CN(C(=O)NCCO)C(=O)N1. The molecule has 1 rings (SSSR count). The van der Waals surface area contributed by atoms with Crippen molar-refractivity contribution in [3.63, 3.8) is 0 Å². The predicted octanol–water partition coefficient (Wildman–Crippen LogP) is -0.898. The third-order valence-corrected chi connectivity index (χ3v) is 1.70. The number of rotatable bonds is 2. The number of carbonyl (C=O) groups is 2. The Balaban J connectivity index is 2.43. The number of hydrogen-bond donors (Lipinski definition) is 3. The maximum absolute atomic E-state index is 11.2. The van der Waals surface area contributed by atoms with Crippen LogP contribution in [0.2, 0.25) is 0 Å². The van der Waals surface area contributed by atoms with Gasteiger partial charge in [-0.05, 0) is 6.92 Å². The van der Waals surface area contributed by atoms with E-state index in [4.69, 9.17) is 5.11 Å². The molecule has 1 heterocycles. The summed E-state index contributed by atoms with van der Waals surface area (Å²) in [4.78, 5) is 23.4. The van der Waals surface area contributed by atoms with Crippen LogP contribution < -0.4 is 10.6 Å². The van der Waals surface area contributed by atoms with E-state index in [9.17, 15) is 9.59 Å². The molecule has 3 N–H and O–H groups in total. The van der Waals surface area contributed by atoms with Gasteiger partial charge in [-0.3, -0.25) is 0 Å². The number of hydrogen-bond acceptors (Lipinski definition) is 3. The summed E-state index contributed by atoms with van der Waals surface area (Å²) in [6, 6.07) is -0.855. The first-order chi connectivity index (χ1) is 6.15. The largest absolute Gasteiger partial charge is 0.395 e. The summed E-state index contributed by atoms with van der Waals surface area (Å²) in [6.07, 6.45) is 0. The van der Waals surface area contributed by atoms with E-state index in [1.807, 2.05) is 6.92 Å². The molecular weight excluding hydrogens is 174 g/mol. The van der Waals surface area contributed by atoms with E-state index in [0.29, 0.717) is 6.54 Å². The molecular formula is C7H13N3O3. The predicted molar refractivity (Wildman–Crippen MR) is 45.2 cm³/mol. The molecule has 0 aromatic carbocycles. The lowest BCUT2D eigenvalue weighted by Gasteiger charge is -2.12. The number of nitrogens with zero attached hydrogens (tertiary/aromatic N) is 1. The van der Waals surface area contributed by atoms with Gasteiger partial charge in [0.25, 0.3) is 0 Å². The Bertz CT molecular complexity index is 219. The maximum Gasteiger partial charge on any atom is 0.325 e. The molecule has 0 aliphatic carbocycles. The second-order valence-electron chi connectivity index (χ2n) is 2.92. The molecule has 13 heavy (non-hydrogen) atoms. The van der Waals surface area contributed by atoms with Crippen molar-refractivity contribution in [2.24, 2.45) is 0 Å². The van der Waals surface area contributed by atoms with Crippen molar-refractivity contribution in [2.45, 2.75) is 13.0 Å². The van der Waals surface area contributed by atoms with Crippen LogP contribution >= 0.6 is 0 Å². The van der Waals surface area contributed by atoms with Gasteiger partial charge < -0.3 is 15.7 Å². The Morgan fingerprint density at radius 2 is 2.54 bits per heavy atom. The number of nitrogens with one attached hydrogen (secondary N) is 2. The van der Waals surface area contributed by atoms with E-state index >= 15 is 0 Å². The normalized spacial score (nSPS) is 21.5. The summed E-state index contributed by atoms with van der Waals surface area (Å²) in [7, 11) is 0. The van der Waals surface area contributed by atoms with Gasteiger partial charge in [-0.2, -0.15) is 0 Å². The highest BCUT2D eigenvalue weighted by atomic mass is 16.3. The van der Waals surface area contributed by atoms with Gasteiger partial charge in [0.1, 0.15) is 0 Å². The average molecular weight is 187 g/mol. The van der Waals surface area contributed by atoms with Gasteiger partial charge in [0.2, 0.25) is 0 Å². The minimum absolute atomic E-state index is 0.00706. The van der Waals surface area contributed by atoms with Gasteiger partial charge >= 0.3 is 12.1 Å². The maximum atomic E-state index is 11.2. The number of aliphatic hydroxyl groups excluding tert-OH is 1. The topological polar surface area (TPSA) is 81.7 Å². The van der Waals surface area contributed by atoms with Crippen molar-refractivity contribution in [1.82, 2.24) is 15.5 Å². The van der Waals surface area contributed by atoms with Gasteiger partial charge in [0.05, 0.1) is 13.2 Å². The zero-order valence-corrected chi connectivity index (χ0v) is 7.41. The Kier molecular flexibility index (Phi) is 3.07. The Labute approximate surface area is 75.9 Å². The molecule has 74 valence electrons. The van der Waals surface area contributed by atoms with Crippen molar-refractivity contribution >= 4 is 12.1 Å². The summed E-state index contributed by atoms with van der Waals surface area (Å²) < 4.78 is 0. The van der Waals surface area contributed by atoms with Crippen molar-refractivity contribution in [3.8, 4) is 0 Å². The van der Waals surface area contributed by atoms with E-state index in [1.165, 1.54) is 0 Å². The third-order valence-electron chi connectivity index (χ3n) is 1.70. The zero-order chi connectivity index (χ0) is 9.84. The standard InChI is InChI=1S/C7H13N3O3/c1-5-4-10(7(13)9-5)6(12)8-2-3-11/h5,11H,2-4H2,1H3,(H,8,12)(H,9,13). The van der Waals surface area contributed by atoms with Crippen LogP contribution in [0.25, 0.3) is 0 Å². The van der Waals surface area contributed by atoms with E-state index in [-0.39, 0.29) is 25.2 Å². The minimum Gasteiger partial charge on any atom is -0.395 e. The minimum atomic E-state index is -0.462. The molecule has 0 spiro atoms. The van der Waals surface area contributed by atoms with E-state index in [2.05, 4.69) is 10.6 Å². The summed E-state index contributed by atoms with van der Waals surface area (Å²) in [6.45, 7) is 2.22. The second kappa shape index (κ2) is 4.08. The van der Waals surface area contributed by atoms with Crippen molar-refractivity contribution in [1.29, 1.82) is 0 Å². The Morgan fingerprint density at radius 1 is 1.85 bits per heavy atom. The number of urea groups is 2. The number of imide groups is 1. The number of carbonyl (C=O) groups excluding carboxylic acids is 2. The van der Waals surface area contributed by atoms with Crippen LogP contribution in [-0.4, -0.2) is 47.8 Å². The average Bonchev–Trinajstić information content (AvgIpc) is 2.41. The molecule has 4 amide bonds. The van der Waals surface area contributed by atoms with Crippen molar-refractivity contribution in [3.05, 3.63) is 0 Å². The molecule has 6 nitrogen and oxygen atoms in total. The van der Waals surface area contributed by atoms with E-state index in [0.717, 1.165) is 4.90 Å². The highest BCUT2D eigenvalue weighted by Gasteiger charge is 2.30. The molecule has 1 saturated heterocycles. The first-order valence-corrected chi connectivity index (χ1v) is 4.12. The third kappa shape index (κ3) is 2.32. The number of aliphatic hydroxyl groups is 1. The van der Waals surface area contributed by atoms with Gasteiger partial charge in [-0.25, -0.2) is 14.5 Å². The lowest BCUT2D eigenvalue weighted by Crippen LogP contribution is -2.42. The lowest BCUT2D eigenvalue weighted by atomic mass is 10.4. The van der Waals surface area contributed by atoms with Crippen LogP contribution in [0.1, 0.15) is 6.92 Å². The monoisotopic (exact) mass is 187 g/mol. The first kappa shape index (κ1) is 9.79. The fourth-order valence-corrected chi connectivity index (χ4v) is 1.12. The van der Waals surface area contributed by atoms with Gasteiger partial charge in [0, 0.05) is 12.6 Å². The summed E-state index contributed by atoms with van der Waals surface area (Å²) in [5.41, 5.74) is 0. The van der Waals surface area contributed by atoms with Gasteiger partial charge in [-0.15, -0.1) is 0 Å². The summed E-state index contributed by atoms with van der Waals surface area (Å²) in [5.74, 6) is 0. The molecule has 1 atom stereocenters. The Hall–Kier alpha value is -1.30. The molecule has 1 unspecified atom stereocenters. The fourth-order valence-electron chi connectivity index (χ4n) is 1.12. The molecule has 6 heteroatoms. The van der Waals surface area contributed by atoms with Crippen LogP contribution in [0.4, 0.5) is 9.59 Å². The van der Waals surface area contributed by atoms with Crippen molar-refractivity contribution in [2.75, 3.05) is 19.7 Å². The first-order valence-electron chi connectivity index (χ1n) is 4.12. The molecule has 1 aliphatic heterocycles. The highest BCUT2D eigenvalue weighted by molar-refractivity contribution is 5.95. The van der Waals surface area contributed by atoms with Crippen LogP contribution in [-0.2, 0) is 0 Å². The number of amides is 4. The molecule has 0 saturated carbocycles. The quantitative estimate of drug-likeness (QED) is 0.524. The van der Waals surface area contributed by atoms with Crippen LogP contribution in [0.5, 0.6) is 0 Å². The van der Waals surface area contributed by atoms with Crippen molar-refractivity contribution < 1.29 is 14.7 Å². The smallest absolute Gasteiger partial charge is 0.325 e. The molecule has 0 aromatic rings. The van der Waals surface area contributed by atoms with E-state index in [1.54, 1.807) is 0 Å². The summed E-state index contributed by atoms with van der Waals surface area (Å²) in [5, 5.41) is 13.4. The van der Waals surface area contributed by atoms with Gasteiger partial charge in [-0.1, -0.05) is 0 Å². The molecule has 0 aromatic heterocycles. The van der Waals surface area contributed by atoms with Crippen LogP contribution in [0.3, 0.4) is 0 Å². The molecule has 0 radical (unpaired) electrons. The molecule has 1 fully saturated rings. The lowest BCUT2D eigenvalue weighted by molar-refractivity contribution is 0.195. The second-order valence-corrected chi connectivity index (χ2v) is 2.92. The Morgan fingerprint density at radius 3 is 3.00 bits per heavy atom.